The molecule has 0 N–H and O–H groups in total. The highest BCUT2D eigenvalue weighted by atomic mass is 32.2. The Kier molecular flexibility index (Phi) is 7.58. The lowest BCUT2D eigenvalue weighted by Gasteiger charge is -2.14. The number of rotatable bonds is 8. The summed E-state index contributed by atoms with van der Waals surface area (Å²) in [6, 6.07) is 0. The Labute approximate surface area is 102 Å². The molecule has 0 spiro atoms. The molecule has 0 aliphatic heterocycles. The number of hydrogen-bond donors (Lipinski definition) is 0. The normalized spacial score (nSPS) is 12.2. The summed E-state index contributed by atoms with van der Waals surface area (Å²) >= 11 is 1.10. The van der Waals surface area contributed by atoms with Crippen LogP contribution in [0.3, 0.4) is 0 Å². The first kappa shape index (κ1) is 16.5. The third-order valence-corrected chi connectivity index (χ3v) is 2.72. The first-order chi connectivity index (χ1) is 7.75. The Balaban J connectivity index is 3.56. The van der Waals surface area contributed by atoms with Gasteiger partial charge in [-0.2, -0.15) is 11.8 Å². The molecule has 0 aliphatic carbocycles. The molecule has 0 unspecified atom stereocenters. The average Bonchev–Trinajstić information content (AvgIpc) is 2.15. The fraction of sp³-hybridized carbons (Fsp3) is 0.900. The fourth-order valence-electron chi connectivity index (χ4n) is 0.971. The van der Waals surface area contributed by atoms with E-state index in [2.05, 4.69) is 0 Å². The highest BCUT2D eigenvalue weighted by Crippen LogP contribution is 2.28. The molecule has 0 atom stereocenters. The van der Waals surface area contributed by atoms with Gasteiger partial charge in [-0.15, -0.1) is 0 Å². The van der Waals surface area contributed by atoms with Crippen LogP contribution in [-0.2, 0) is 9.53 Å². The summed E-state index contributed by atoms with van der Waals surface area (Å²) < 4.78 is 53.2. The smallest absolute Gasteiger partial charge is 0.316 e. The van der Waals surface area contributed by atoms with Crippen LogP contribution >= 0.6 is 11.8 Å². The number of halogens is 4. The Hall–Kier alpha value is -0.460. The van der Waals surface area contributed by atoms with Gasteiger partial charge >= 0.3 is 18.3 Å². The van der Waals surface area contributed by atoms with E-state index in [4.69, 9.17) is 4.74 Å². The Bertz CT molecular complexity index is 234. The van der Waals surface area contributed by atoms with E-state index in [1.165, 1.54) is 0 Å². The second-order valence-electron chi connectivity index (χ2n) is 3.76. The molecule has 0 aromatic carbocycles. The van der Waals surface area contributed by atoms with Crippen LogP contribution in [0, 0.1) is 0 Å². The summed E-state index contributed by atoms with van der Waals surface area (Å²) in [5.74, 6) is -4.07. The van der Waals surface area contributed by atoms with Crippen molar-refractivity contribution in [2.45, 2.75) is 45.1 Å². The second kappa shape index (κ2) is 7.79. The Morgan fingerprint density at radius 2 is 1.94 bits per heavy atom. The molecule has 0 fully saturated rings. The fourth-order valence-corrected chi connectivity index (χ4v) is 1.70. The van der Waals surface area contributed by atoms with E-state index in [0.717, 1.165) is 11.8 Å². The van der Waals surface area contributed by atoms with E-state index in [1.807, 2.05) is 0 Å². The number of carbonyl (C=O) groups excluding carboxylic acids is 1. The van der Waals surface area contributed by atoms with E-state index >= 15 is 0 Å². The van der Waals surface area contributed by atoms with Crippen molar-refractivity contribution < 1.29 is 27.1 Å². The number of alkyl halides is 4. The van der Waals surface area contributed by atoms with Crippen LogP contribution in [0.15, 0.2) is 0 Å². The lowest BCUT2D eigenvalue weighted by molar-refractivity contribution is -0.144. The van der Waals surface area contributed by atoms with Gasteiger partial charge in [-0.05, 0) is 26.0 Å². The molecular weight excluding hydrogens is 260 g/mol. The molecule has 0 heterocycles. The first-order valence-corrected chi connectivity index (χ1v) is 6.34. The van der Waals surface area contributed by atoms with Crippen molar-refractivity contribution in [1.29, 1.82) is 0 Å². The first-order valence-electron chi connectivity index (χ1n) is 5.19. The zero-order valence-electron chi connectivity index (χ0n) is 9.72. The van der Waals surface area contributed by atoms with Crippen LogP contribution in [0.2, 0.25) is 0 Å². The largest absolute Gasteiger partial charge is 0.462 e. The molecule has 17 heavy (non-hydrogen) atoms. The zero-order chi connectivity index (χ0) is 13.5. The van der Waals surface area contributed by atoms with Crippen molar-refractivity contribution in [2.24, 2.45) is 0 Å². The maximum Gasteiger partial charge on any atom is 0.316 e. The minimum Gasteiger partial charge on any atom is -0.462 e. The van der Waals surface area contributed by atoms with Crippen molar-refractivity contribution in [1.82, 2.24) is 0 Å². The molecule has 0 aromatic rings. The molecule has 0 radical (unpaired) electrons. The minimum absolute atomic E-state index is 0.0540. The minimum atomic E-state index is -3.93. The summed E-state index contributed by atoms with van der Waals surface area (Å²) in [7, 11) is 0. The summed E-state index contributed by atoms with van der Waals surface area (Å²) in [4.78, 5) is 11.0. The number of carbonyl (C=O) groups is 1. The number of hydrogen-bond acceptors (Lipinski definition) is 3. The van der Waals surface area contributed by atoms with Crippen LogP contribution in [0.4, 0.5) is 17.6 Å². The van der Waals surface area contributed by atoms with E-state index < -0.39 is 24.7 Å². The maximum atomic E-state index is 12.5. The molecule has 0 saturated carbocycles. The number of ether oxygens (including phenoxy) is 1. The van der Waals surface area contributed by atoms with Crippen LogP contribution in [0.5, 0.6) is 0 Å². The third-order valence-electron chi connectivity index (χ3n) is 1.71. The summed E-state index contributed by atoms with van der Waals surface area (Å²) in [6.07, 6.45) is -4.77. The number of thioether (sulfide) groups is 1. The SMILES string of the molecule is CC(C)OC(=O)CSCCCC(F)(F)C(F)F. The lowest BCUT2D eigenvalue weighted by Crippen LogP contribution is -2.26. The van der Waals surface area contributed by atoms with Gasteiger partial charge in [0.15, 0.2) is 0 Å². The highest BCUT2D eigenvalue weighted by molar-refractivity contribution is 7.99. The van der Waals surface area contributed by atoms with Gasteiger partial charge in [0.2, 0.25) is 0 Å². The molecule has 0 amide bonds. The van der Waals surface area contributed by atoms with Gasteiger partial charge in [-0.3, -0.25) is 4.79 Å². The predicted molar refractivity (Wildman–Crippen MR) is 58.7 cm³/mol. The van der Waals surface area contributed by atoms with Gasteiger partial charge in [0, 0.05) is 6.42 Å². The standard InChI is InChI=1S/C10H16F4O2S/c1-7(2)16-8(15)6-17-5-3-4-10(13,14)9(11)12/h7,9H,3-6H2,1-2H3. The number of esters is 1. The van der Waals surface area contributed by atoms with Gasteiger partial charge in [0.05, 0.1) is 11.9 Å². The highest BCUT2D eigenvalue weighted by Gasteiger charge is 2.39. The monoisotopic (exact) mass is 276 g/mol. The molecule has 0 aliphatic rings. The quantitative estimate of drug-likeness (QED) is 0.386. The molecule has 0 saturated heterocycles. The van der Waals surface area contributed by atoms with E-state index in [0.29, 0.717) is 0 Å². The van der Waals surface area contributed by atoms with Gasteiger partial charge < -0.3 is 4.74 Å². The van der Waals surface area contributed by atoms with E-state index in [9.17, 15) is 22.4 Å². The van der Waals surface area contributed by atoms with Gasteiger partial charge in [-0.1, -0.05) is 0 Å². The van der Waals surface area contributed by atoms with Crippen molar-refractivity contribution >= 4 is 17.7 Å². The topological polar surface area (TPSA) is 26.3 Å². The van der Waals surface area contributed by atoms with Crippen LogP contribution < -0.4 is 0 Å². The predicted octanol–water partition coefficient (Wildman–Crippen LogP) is 3.35. The molecule has 7 heteroatoms. The van der Waals surface area contributed by atoms with Gasteiger partial charge in [0.1, 0.15) is 0 Å². The van der Waals surface area contributed by atoms with Crippen molar-refractivity contribution in [3.8, 4) is 0 Å². The van der Waals surface area contributed by atoms with Crippen LogP contribution in [0.25, 0.3) is 0 Å². The molecular formula is C10H16F4O2S. The summed E-state index contributed by atoms with van der Waals surface area (Å²) in [5, 5.41) is 0. The Morgan fingerprint density at radius 3 is 2.41 bits per heavy atom. The van der Waals surface area contributed by atoms with Gasteiger partial charge in [0.25, 0.3) is 0 Å². The molecule has 0 aromatic heterocycles. The maximum absolute atomic E-state index is 12.5. The zero-order valence-corrected chi connectivity index (χ0v) is 10.5. The van der Waals surface area contributed by atoms with E-state index in [-0.39, 0.29) is 24.0 Å². The van der Waals surface area contributed by atoms with Crippen molar-refractivity contribution in [2.75, 3.05) is 11.5 Å². The van der Waals surface area contributed by atoms with Crippen LogP contribution in [-0.4, -0.2) is 35.9 Å². The third kappa shape index (κ3) is 8.29. The molecule has 0 rings (SSSR count). The summed E-state index contributed by atoms with van der Waals surface area (Å²) in [6.45, 7) is 3.40. The molecule has 2 nitrogen and oxygen atoms in total. The van der Waals surface area contributed by atoms with Crippen LogP contribution in [0.1, 0.15) is 26.7 Å². The Morgan fingerprint density at radius 1 is 1.35 bits per heavy atom. The molecule has 0 bridgehead atoms. The van der Waals surface area contributed by atoms with Crippen molar-refractivity contribution in [3.63, 3.8) is 0 Å². The van der Waals surface area contributed by atoms with E-state index in [1.54, 1.807) is 13.8 Å². The summed E-state index contributed by atoms with van der Waals surface area (Å²) in [5.41, 5.74) is 0. The second-order valence-corrected chi connectivity index (χ2v) is 4.86. The lowest BCUT2D eigenvalue weighted by atomic mass is 10.2. The molecule has 102 valence electrons. The van der Waals surface area contributed by atoms with Gasteiger partial charge in [-0.25, -0.2) is 17.6 Å². The average molecular weight is 276 g/mol. The van der Waals surface area contributed by atoms with Crippen molar-refractivity contribution in [3.05, 3.63) is 0 Å².